The third-order valence-electron chi connectivity index (χ3n) is 6.97. The monoisotopic (exact) mass is 467 g/mol. The molecule has 178 valence electrons. The summed E-state index contributed by atoms with van der Waals surface area (Å²) in [6.07, 6.45) is 7.86. The zero-order valence-electron chi connectivity index (χ0n) is 18.6. The summed E-state index contributed by atoms with van der Waals surface area (Å²) in [5.74, 6) is -1.54. The van der Waals surface area contributed by atoms with E-state index in [2.05, 4.69) is 10.3 Å². The molecule has 2 aromatic heterocycles. The Hall–Kier alpha value is -3.66. The van der Waals surface area contributed by atoms with Gasteiger partial charge in [-0.3, -0.25) is 19.8 Å². The van der Waals surface area contributed by atoms with E-state index in [0.717, 1.165) is 25.0 Å². The second-order valence-corrected chi connectivity index (χ2v) is 8.87. The zero-order valence-corrected chi connectivity index (χ0v) is 18.6. The average Bonchev–Trinajstić information content (AvgIpc) is 3.00. The van der Waals surface area contributed by atoms with E-state index < -0.39 is 17.2 Å². The van der Waals surface area contributed by atoms with Crippen molar-refractivity contribution in [1.82, 2.24) is 15.0 Å². The second-order valence-electron chi connectivity index (χ2n) is 8.87. The fourth-order valence-electron chi connectivity index (χ4n) is 5.01. The van der Waals surface area contributed by atoms with Crippen LogP contribution in [-0.4, -0.2) is 33.8 Å². The van der Waals surface area contributed by atoms with Crippen LogP contribution in [0.15, 0.2) is 35.4 Å². The van der Waals surface area contributed by atoms with Gasteiger partial charge in [-0.2, -0.15) is 0 Å². The number of nitrogens with zero attached hydrogens (tertiary/aromatic N) is 2. The largest absolute Gasteiger partial charge is 0.489 e. The van der Waals surface area contributed by atoms with Crippen LogP contribution in [0.2, 0.25) is 0 Å². The van der Waals surface area contributed by atoms with Crippen molar-refractivity contribution in [2.45, 2.75) is 44.1 Å². The van der Waals surface area contributed by atoms with Crippen molar-refractivity contribution in [2.24, 2.45) is 0 Å². The van der Waals surface area contributed by atoms with Gasteiger partial charge in [-0.15, -0.1) is 0 Å². The molecule has 0 unspecified atom stereocenters. The van der Waals surface area contributed by atoms with Crippen molar-refractivity contribution in [1.29, 1.82) is 0 Å². The lowest BCUT2D eigenvalue weighted by Gasteiger charge is -2.44. The maximum absolute atomic E-state index is 15.5. The minimum Gasteiger partial charge on any atom is -0.489 e. The first kappa shape index (κ1) is 22.1. The summed E-state index contributed by atoms with van der Waals surface area (Å²) in [5, 5.41) is 12.2. The van der Waals surface area contributed by atoms with Crippen LogP contribution in [0, 0.1) is 5.82 Å². The number of nitrogens with two attached hydrogens (primary N) is 1. The summed E-state index contributed by atoms with van der Waals surface area (Å²) in [6, 6.07) is 5.70. The summed E-state index contributed by atoms with van der Waals surface area (Å²) in [7, 11) is 0. The van der Waals surface area contributed by atoms with Crippen LogP contribution in [0.5, 0.6) is 5.75 Å². The van der Waals surface area contributed by atoms with Crippen LogP contribution in [0.1, 0.15) is 48.2 Å². The molecule has 1 amide bonds. The van der Waals surface area contributed by atoms with Crippen LogP contribution < -0.4 is 26.7 Å². The molecule has 1 aliphatic heterocycles. The van der Waals surface area contributed by atoms with Gasteiger partial charge in [-0.25, -0.2) is 9.87 Å². The van der Waals surface area contributed by atoms with Gasteiger partial charge in [0.15, 0.2) is 11.6 Å². The first-order valence-electron chi connectivity index (χ1n) is 11.4. The van der Waals surface area contributed by atoms with Crippen LogP contribution in [0.25, 0.3) is 10.9 Å². The standard InChI is InChI=1S/C24H26FN5O4/c25-17-18(26)16-20-22(19(17)28-11-3-6-14-5-1-2-10-27-14)34-12-9-24(7-4-8-24)30(20)13-15(21(16)31)23(32)29-33/h1-2,5,10,13,28,33H,3-4,6-9,11-12,26H2,(H,29,32). The predicted octanol–water partition coefficient (Wildman–Crippen LogP) is 2.94. The molecule has 0 saturated heterocycles. The Morgan fingerprint density at radius 3 is 2.82 bits per heavy atom. The number of benzene rings is 1. The van der Waals surface area contributed by atoms with E-state index in [0.29, 0.717) is 37.9 Å². The average molecular weight is 468 g/mol. The first-order chi connectivity index (χ1) is 16.5. The third kappa shape index (κ3) is 3.45. The van der Waals surface area contributed by atoms with Gasteiger partial charge in [0.25, 0.3) is 5.91 Å². The lowest BCUT2D eigenvalue weighted by atomic mass is 9.74. The molecule has 1 aromatic carbocycles. The molecule has 1 spiro atoms. The number of ether oxygens (including phenoxy) is 1. The number of nitrogens with one attached hydrogen (secondary N) is 2. The maximum atomic E-state index is 15.5. The van der Waals surface area contributed by atoms with E-state index in [-0.39, 0.29) is 33.6 Å². The highest BCUT2D eigenvalue weighted by Crippen LogP contribution is 2.49. The van der Waals surface area contributed by atoms with Crippen molar-refractivity contribution in [2.75, 3.05) is 24.2 Å². The normalized spacial score (nSPS) is 15.9. The molecular formula is C24H26FN5O4. The van der Waals surface area contributed by atoms with Crippen LogP contribution in [0.3, 0.4) is 0 Å². The van der Waals surface area contributed by atoms with E-state index in [1.807, 2.05) is 22.8 Å². The Morgan fingerprint density at radius 2 is 2.15 bits per heavy atom. The number of fused-ring (bicyclic) bond motifs is 1. The molecule has 9 nitrogen and oxygen atoms in total. The molecule has 34 heavy (non-hydrogen) atoms. The highest BCUT2D eigenvalue weighted by molar-refractivity contribution is 6.04. The Morgan fingerprint density at radius 1 is 1.32 bits per heavy atom. The van der Waals surface area contributed by atoms with Gasteiger partial charge in [-0.1, -0.05) is 6.07 Å². The molecule has 5 N–H and O–H groups in total. The number of nitrogen functional groups attached to an aromatic ring is 1. The molecule has 0 atom stereocenters. The Labute approximate surface area is 194 Å². The Kier molecular flexibility index (Phi) is 5.60. The number of pyridine rings is 2. The number of rotatable bonds is 6. The van der Waals surface area contributed by atoms with E-state index in [4.69, 9.17) is 15.7 Å². The highest BCUT2D eigenvalue weighted by Gasteiger charge is 2.43. The van der Waals surface area contributed by atoms with Gasteiger partial charge in [0, 0.05) is 36.6 Å². The minimum atomic E-state index is -0.964. The number of hydrogen-bond acceptors (Lipinski definition) is 7. The van der Waals surface area contributed by atoms with E-state index in [1.165, 1.54) is 11.7 Å². The molecule has 1 fully saturated rings. The summed E-state index contributed by atoms with van der Waals surface area (Å²) >= 11 is 0. The number of hydroxylamine groups is 1. The van der Waals surface area contributed by atoms with Gasteiger partial charge < -0.3 is 20.4 Å². The predicted molar refractivity (Wildman–Crippen MR) is 125 cm³/mol. The van der Waals surface area contributed by atoms with Gasteiger partial charge in [0.1, 0.15) is 11.3 Å². The van der Waals surface area contributed by atoms with Gasteiger partial charge in [-0.05, 0) is 44.2 Å². The van der Waals surface area contributed by atoms with Crippen molar-refractivity contribution in [3.63, 3.8) is 0 Å². The van der Waals surface area contributed by atoms with Gasteiger partial charge in [0.2, 0.25) is 5.43 Å². The van der Waals surface area contributed by atoms with E-state index in [1.54, 1.807) is 6.20 Å². The number of aryl methyl sites for hydroxylation is 1. The smallest absolute Gasteiger partial charge is 0.280 e. The topological polar surface area (TPSA) is 131 Å². The van der Waals surface area contributed by atoms with Gasteiger partial charge >= 0.3 is 0 Å². The highest BCUT2D eigenvalue weighted by atomic mass is 19.1. The summed E-state index contributed by atoms with van der Waals surface area (Å²) in [6.45, 7) is 0.771. The summed E-state index contributed by atoms with van der Waals surface area (Å²) in [4.78, 5) is 29.7. The summed E-state index contributed by atoms with van der Waals surface area (Å²) in [5.41, 5.74) is 7.33. The van der Waals surface area contributed by atoms with Crippen LogP contribution in [0.4, 0.5) is 15.8 Å². The number of carbonyl (C=O) groups excluding carboxylic acids is 1. The molecular weight excluding hydrogens is 441 g/mol. The number of hydrogen-bond donors (Lipinski definition) is 4. The molecule has 2 aliphatic rings. The van der Waals surface area contributed by atoms with Crippen molar-refractivity contribution in [3.05, 3.63) is 57.9 Å². The van der Waals surface area contributed by atoms with Crippen LogP contribution >= 0.6 is 0 Å². The van der Waals surface area contributed by atoms with E-state index >= 15 is 4.39 Å². The van der Waals surface area contributed by atoms with Gasteiger partial charge in [0.05, 0.1) is 23.2 Å². The molecule has 5 rings (SSSR count). The number of carbonyl (C=O) groups is 1. The number of halogens is 1. The third-order valence-corrected chi connectivity index (χ3v) is 6.97. The first-order valence-corrected chi connectivity index (χ1v) is 11.4. The zero-order chi connectivity index (χ0) is 23.9. The van der Waals surface area contributed by atoms with Crippen molar-refractivity contribution >= 4 is 28.2 Å². The SMILES string of the molecule is Nc1c(F)c(NCCCc2ccccn2)c2c3c1c(=O)c(C(=O)NO)cn3C1(CCC1)CCO2. The number of anilines is 2. The van der Waals surface area contributed by atoms with Crippen molar-refractivity contribution < 1.29 is 19.1 Å². The Bertz CT molecular complexity index is 1320. The molecule has 3 heterocycles. The lowest BCUT2D eigenvalue weighted by Crippen LogP contribution is -2.42. The Balaban J connectivity index is 1.62. The number of aromatic nitrogens is 2. The maximum Gasteiger partial charge on any atom is 0.280 e. The fraction of sp³-hybridized carbons (Fsp3) is 0.375. The fourth-order valence-corrected chi connectivity index (χ4v) is 5.01. The van der Waals surface area contributed by atoms with Crippen molar-refractivity contribution in [3.8, 4) is 5.75 Å². The number of amides is 1. The molecule has 0 bridgehead atoms. The van der Waals surface area contributed by atoms with E-state index in [9.17, 15) is 9.59 Å². The quantitative estimate of drug-likeness (QED) is 0.190. The lowest BCUT2D eigenvalue weighted by molar-refractivity contribution is 0.0701. The molecule has 0 radical (unpaired) electrons. The van der Waals surface area contributed by atoms with Crippen LogP contribution in [-0.2, 0) is 12.0 Å². The second kappa shape index (κ2) is 8.60. The molecule has 3 aromatic rings. The minimum absolute atomic E-state index is 0.106. The molecule has 1 saturated carbocycles. The molecule has 10 heteroatoms. The molecule has 1 aliphatic carbocycles. The summed E-state index contributed by atoms with van der Waals surface area (Å²) < 4.78 is 23.4.